The fraction of sp³-hybridized carbons (Fsp3) is 1.00. The molecule has 1 rings (SSSR count). The summed E-state index contributed by atoms with van der Waals surface area (Å²) < 4.78 is 5.61. The van der Waals surface area contributed by atoms with Crippen LogP contribution in [-0.2, 0) is 4.74 Å². The molecular weight excluding hydrogens is 150 g/mol. The molecule has 0 aromatic heterocycles. The minimum absolute atomic E-state index is 0.220. The number of hydrogen-bond acceptors (Lipinski definition) is 2. The topological polar surface area (TPSA) is 35.2 Å². The highest BCUT2D eigenvalue weighted by Gasteiger charge is 2.24. The van der Waals surface area contributed by atoms with Crippen LogP contribution in [0.2, 0.25) is 0 Å². The molecule has 2 nitrogen and oxygen atoms in total. The first-order valence-electron chi connectivity index (χ1n) is 5.02. The molecule has 0 spiro atoms. The second-order valence-corrected chi connectivity index (χ2v) is 3.52. The van der Waals surface area contributed by atoms with Crippen LogP contribution < -0.4 is 5.73 Å². The Hall–Kier alpha value is -0.0800. The molecular formula is C10H23NO. The van der Waals surface area contributed by atoms with Crippen molar-refractivity contribution in [3.8, 4) is 0 Å². The van der Waals surface area contributed by atoms with Crippen LogP contribution in [0, 0.1) is 0 Å². The van der Waals surface area contributed by atoms with Crippen LogP contribution in [0.5, 0.6) is 0 Å². The van der Waals surface area contributed by atoms with E-state index < -0.39 is 0 Å². The standard InChI is InChI=1S/C8H16O.C2H7N/c1-3-8(2)6-4-5-7-9-8;1-2-3/h3-7H2,1-2H3;2-3H2,1H3. The lowest BCUT2D eigenvalue weighted by atomic mass is 9.94. The third-order valence-electron chi connectivity index (χ3n) is 2.30. The van der Waals surface area contributed by atoms with Crippen molar-refractivity contribution in [1.82, 2.24) is 0 Å². The summed E-state index contributed by atoms with van der Waals surface area (Å²) in [4.78, 5) is 0. The summed E-state index contributed by atoms with van der Waals surface area (Å²) in [6.07, 6.45) is 5.02. The molecule has 0 bridgehead atoms. The minimum Gasteiger partial charge on any atom is -0.375 e. The van der Waals surface area contributed by atoms with E-state index in [1.165, 1.54) is 19.3 Å². The molecule has 1 heterocycles. The number of nitrogens with two attached hydrogens (primary N) is 1. The Morgan fingerprint density at radius 1 is 1.33 bits per heavy atom. The molecule has 0 aliphatic carbocycles. The van der Waals surface area contributed by atoms with Crippen molar-refractivity contribution in [2.24, 2.45) is 5.73 Å². The molecule has 0 amide bonds. The summed E-state index contributed by atoms with van der Waals surface area (Å²) in [5.41, 5.74) is 5.07. The smallest absolute Gasteiger partial charge is 0.0652 e. The highest BCUT2D eigenvalue weighted by Crippen LogP contribution is 2.26. The zero-order valence-corrected chi connectivity index (χ0v) is 8.73. The summed E-state index contributed by atoms with van der Waals surface area (Å²) in [7, 11) is 0. The molecule has 0 radical (unpaired) electrons. The summed E-state index contributed by atoms with van der Waals surface area (Å²) >= 11 is 0. The molecule has 1 aliphatic rings. The lowest BCUT2D eigenvalue weighted by molar-refractivity contribution is -0.0669. The van der Waals surface area contributed by atoms with Gasteiger partial charge < -0.3 is 10.5 Å². The number of hydrogen-bond donors (Lipinski definition) is 1. The Bertz CT molecular complexity index is 98.0. The number of ether oxygens (including phenoxy) is 1. The maximum absolute atomic E-state index is 5.61. The molecule has 0 aromatic carbocycles. The van der Waals surface area contributed by atoms with Gasteiger partial charge in [0.1, 0.15) is 0 Å². The highest BCUT2D eigenvalue weighted by atomic mass is 16.5. The Kier molecular flexibility index (Phi) is 6.39. The van der Waals surface area contributed by atoms with E-state index in [1.807, 2.05) is 6.92 Å². The Balaban J connectivity index is 0.000000354. The van der Waals surface area contributed by atoms with Crippen molar-refractivity contribution in [2.75, 3.05) is 13.2 Å². The average Bonchev–Trinajstić information content (AvgIpc) is 2.07. The van der Waals surface area contributed by atoms with Gasteiger partial charge in [0.2, 0.25) is 0 Å². The second-order valence-electron chi connectivity index (χ2n) is 3.52. The molecule has 1 fully saturated rings. The minimum atomic E-state index is 0.220. The summed E-state index contributed by atoms with van der Waals surface area (Å²) in [5, 5.41) is 0. The van der Waals surface area contributed by atoms with E-state index in [-0.39, 0.29) is 5.60 Å². The Morgan fingerprint density at radius 3 is 2.17 bits per heavy atom. The van der Waals surface area contributed by atoms with E-state index in [4.69, 9.17) is 10.5 Å². The molecule has 74 valence electrons. The van der Waals surface area contributed by atoms with Gasteiger partial charge >= 0.3 is 0 Å². The zero-order valence-electron chi connectivity index (χ0n) is 8.73. The van der Waals surface area contributed by atoms with Crippen LogP contribution in [-0.4, -0.2) is 18.8 Å². The van der Waals surface area contributed by atoms with Crippen LogP contribution in [0.25, 0.3) is 0 Å². The molecule has 1 saturated heterocycles. The SMILES string of the molecule is CCC1(C)CCCCO1.CCN. The van der Waals surface area contributed by atoms with E-state index in [0.29, 0.717) is 0 Å². The lowest BCUT2D eigenvalue weighted by Crippen LogP contribution is -2.31. The summed E-state index contributed by atoms with van der Waals surface area (Å²) in [5.74, 6) is 0. The van der Waals surface area contributed by atoms with E-state index in [9.17, 15) is 0 Å². The van der Waals surface area contributed by atoms with Gasteiger partial charge in [0, 0.05) is 6.61 Å². The fourth-order valence-corrected chi connectivity index (χ4v) is 1.27. The molecule has 12 heavy (non-hydrogen) atoms. The summed E-state index contributed by atoms with van der Waals surface area (Å²) in [6.45, 7) is 8.04. The van der Waals surface area contributed by atoms with E-state index >= 15 is 0 Å². The van der Waals surface area contributed by atoms with Gasteiger partial charge in [-0.05, 0) is 39.2 Å². The van der Waals surface area contributed by atoms with Crippen molar-refractivity contribution in [3.63, 3.8) is 0 Å². The average molecular weight is 173 g/mol. The van der Waals surface area contributed by atoms with Crippen molar-refractivity contribution in [2.45, 2.75) is 52.1 Å². The van der Waals surface area contributed by atoms with Gasteiger partial charge in [-0.25, -0.2) is 0 Å². The predicted molar refractivity (Wildman–Crippen MR) is 53.2 cm³/mol. The maximum Gasteiger partial charge on any atom is 0.0652 e. The van der Waals surface area contributed by atoms with Crippen LogP contribution >= 0.6 is 0 Å². The normalized spacial score (nSPS) is 29.0. The third kappa shape index (κ3) is 4.73. The predicted octanol–water partition coefficient (Wildman–Crippen LogP) is 2.32. The highest BCUT2D eigenvalue weighted by molar-refractivity contribution is 4.75. The van der Waals surface area contributed by atoms with Crippen LogP contribution in [0.3, 0.4) is 0 Å². The van der Waals surface area contributed by atoms with Gasteiger partial charge in [-0.15, -0.1) is 0 Å². The van der Waals surface area contributed by atoms with Crippen LogP contribution in [0.15, 0.2) is 0 Å². The first-order valence-corrected chi connectivity index (χ1v) is 5.02. The van der Waals surface area contributed by atoms with E-state index in [2.05, 4.69) is 13.8 Å². The Morgan fingerprint density at radius 2 is 1.92 bits per heavy atom. The lowest BCUT2D eigenvalue weighted by Gasteiger charge is -2.32. The van der Waals surface area contributed by atoms with Crippen molar-refractivity contribution >= 4 is 0 Å². The molecule has 1 unspecified atom stereocenters. The fourth-order valence-electron chi connectivity index (χ4n) is 1.27. The molecule has 2 heteroatoms. The van der Waals surface area contributed by atoms with Crippen molar-refractivity contribution in [3.05, 3.63) is 0 Å². The third-order valence-corrected chi connectivity index (χ3v) is 2.30. The molecule has 1 atom stereocenters. The van der Waals surface area contributed by atoms with Crippen molar-refractivity contribution < 1.29 is 4.74 Å². The van der Waals surface area contributed by atoms with Gasteiger partial charge in [0.15, 0.2) is 0 Å². The van der Waals surface area contributed by atoms with Gasteiger partial charge in [-0.2, -0.15) is 0 Å². The van der Waals surface area contributed by atoms with Gasteiger partial charge in [0.25, 0.3) is 0 Å². The zero-order chi connectivity index (χ0) is 9.45. The van der Waals surface area contributed by atoms with E-state index in [0.717, 1.165) is 19.6 Å². The quantitative estimate of drug-likeness (QED) is 0.660. The summed E-state index contributed by atoms with van der Waals surface area (Å²) in [6, 6.07) is 0. The first-order chi connectivity index (χ1) is 5.68. The monoisotopic (exact) mass is 173 g/mol. The van der Waals surface area contributed by atoms with Crippen LogP contribution in [0.1, 0.15) is 46.5 Å². The molecule has 0 saturated carbocycles. The van der Waals surface area contributed by atoms with Gasteiger partial charge in [0.05, 0.1) is 5.60 Å². The molecule has 1 aliphatic heterocycles. The first kappa shape index (κ1) is 11.9. The van der Waals surface area contributed by atoms with Crippen LogP contribution in [0.4, 0.5) is 0 Å². The largest absolute Gasteiger partial charge is 0.375 e. The molecule has 0 aromatic rings. The van der Waals surface area contributed by atoms with E-state index in [1.54, 1.807) is 0 Å². The second kappa shape index (κ2) is 6.44. The van der Waals surface area contributed by atoms with Gasteiger partial charge in [-0.3, -0.25) is 0 Å². The van der Waals surface area contributed by atoms with Gasteiger partial charge in [-0.1, -0.05) is 13.8 Å². The number of rotatable bonds is 1. The van der Waals surface area contributed by atoms with Crippen molar-refractivity contribution in [1.29, 1.82) is 0 Å². The maximum atomic E-state index is 5.61. The molecule has 2 N–H and O–H groups in total. The Labute approximate surface area is 76.5 Å².